The second kappa shape index (κ2) is 19.2. The number of fused-ring (bicyclic) bond motifs is 2. The predicted molar refractivity (Wildman–Crippen MR) is 298 cm³/mol. The summed E-state index contributed by atoms with van der Waals surface area (Å²) in [7, 11) is -1.56. The molecule has 2 nitrogen and oxygen atoms in total. The zero-order valence-corrected chi connectivity index (χ0v) is 39.9. The highest BCUT2D eigenvalue weighted by atomic mass is 32.3. The number of anilines is 6. The summed E-state index contributed by atoms with van der Waals surface area (Å²) in [5.41, 5.74) is 19.0. The molecule has 0 aromatic heterocycles. The minimum Gasteiger partial charge on any atom is -0.310 e. The monoisotopic (exact) mass is 906 g/mol. The molecule has 1 aliphatic heterocycles. The lowest BCUT2D eigenvalue weighted by molar-refractivity contribution is 1.21. The summed E-state index contributed by atoms with van der Waals surface area (Å²) in [5, 5.41) is 0. The van der Waals surface area contributed by atoms with Gasteiger partial charge in [0.05, 0.1) is 0 Å². The number of rotatable bonds is 12. The van der Waals surface area contributed by atoms with E-state index in [-0.39, 0.29) is 0 Å². The minimum atomic E-state index is -1.56. The Labute approximate surface area is 409 Å². The number of benzene rings is 10. The smallest absolute Gasteiger partial charge is 0.0472 e. The summed E-state index contributed by atoms with van der Waals surface area (Å²) in [4.78, 5) is 7.72. The van der Waals surface area contributed by atoms with Crippen LogP contribution in [0.4, 0.5) is 34.1 Å². The van der Waals surface area contributed by atoms with Crippen LogP contribution in [0.2, 0.25) is 0 Å². The molecule has 334 valence electrons. The molecule has 0 saturated heterocycles. The maximum Gasteiger partial charge on any atom is 0.0472 e. The molecule has 0 N–H and O–H groups in total. The second-order valence-corrected chi connectivity index (χ2v) is 21.4. The van der Waals surface area contributed by atoms with Gasteiger partial charge in [-0.05, 0) is 140 Å². The first-order valence-electron chi connectivity index (χ1n) is 24.1. The standard InChI is InChI=1S/C66H54N2S/c1-3-69(4-2)65-47-63(67(59-37-27-53(28-38-59)49-17-9-5-10-18-49)60-39-29-54(30-40-60)50-19-11-6-12-20-50)45-35-57(65)25-26-58-36-46-64(48-66(58)69)68(61-41-31-55(32-42-61)51-21-13-7-14-22-51)62-43-33-56(34-44-62)52-23-15-8-16-24-52/h5-48H,3-4H2,1-2H3. The lowest BCUT2D eigenvalue weighted by Gasteiger charge is -2.42. The molecule has 69 heavy (non-hydrogen) atoms. The van der Waals surface area contributed by atoms with Crippen molar-refractivity contribution in [3.8, 4) is 44.5 Å². The quantitative estimate of drug-likeness (QED) is 0.121. The van der Waals surface area contributed by atoms with Gasteiger partial charge in [-0.3, -0.25) is 0 Å². The van der Waals surface area contributed by atoms with Crippen molar-refractivity contribution in [3.63, 3.8) is 0 Å². The Morgan fingerprint density at radius 1 is 0.261 bits per heavy atom. The first kappa shape index (κ1) is 43.5. The van der Waals surface area contributed by atoms with Crippen molar-refractivity contribution in [2.45, 2.75) is 23.6 Å². The van der Waals surface area contributed by atoms with Crippen LogP contribution in [0.15, 0.2) is 265 Å². The first-order chi connectivity index (χ1) is 34.1. The van der Waals surface area contributed by atoms with Gasteiger partial charge in [0.1, 0.15) is 0 Å². The fourth-order valence-corrected chi connectivity index (χ4v) is 13.8. The van der Waals surface area contributed by atoms with E-state index < -0.39 is 10.0 Å². The predicted octanol–water partition coefficient (Wildman–Crippen LogP) is 19.0. The van der Waals surface area contributed by atoms with E-state index in [1.807, 2.05) is 0 Å². The molecule has 0 fully saturated rings. The van der Waals surface area contributed by atoms with Gasteiger partial charge in [-0.2, -0.15) is 10.0 Å². The molecule has 10 aromatic rings. The summed E-state index contributed by atoms with van der Waals surface area (Å²) < 4.78 is 0. The van der Waals surface area contributed by atoms with E-state index in [2.05, 4.69) is 291 Å². The third-order valence-corrected chi connectivity index (χ3v) is 18.1. The Morgan fingerprint density at radius 2 is 0.493 bits per heavy atom. The van der Waals surface area contributed by atoms with Gasteiger partial charge >= 0.3 is 0 Å². The Hall–Kier alpha value is -8.11. The molecule has 0 atom stereocenters. The Bertz CT molecular complexity index is 2950. The Kier molecular flexibility index (Phi) is 12.1. The third-order valence-electron chi connectivity index (χ3n) is 13.7. The van der Waals surface area contributed by atoms with E-state index in [9.17, 15) is 0 Å². The van der Waals surface area contributed by atoms with Crippen LogP contribution < -0.4 is 9.80 Å². The van der Waals surface area contributed by atoms with E-state index in [4.69, 9.17) is 0 Å². The number of nitrogens with zero attached hydrogens (tertiary/aromatic N) is 2. The molecule has 0 spiro atoms. The maximum absolute atomic E-state index is 2.52. The molecule has 3 heteroatoms. The zero-order valence-electron chi connectivity index (χ0n) is 39.1. The Morgan fingerprint density at radius 3 is 0.739 bits per heavy atom. The summed E-state index contributed by atoms with van der Waals surface area (Å²) in [5.74, 6) is 2.04. The lowest BCUT2D eigenvalue weighted by atomic mass is 10.0. The van der Waals surface area contributed by atoms with Gasteiger partial charge in [0.2, 0.25) is 0 Å². The molecular formula is C66H54N2S. The maximum atomic E-state index is 2.52. The van der Waals surface area contributed by atoms with E-state index in [0.717, 1.165) is 45.6 Å². The second-order valence-electron chi connectivity index (χ2n) is 17.6. The highest BCUT2D eigenvalue weighted by molar-refractivity contribution is 8.33. The van der Waals surface area contributed by atoms with E-state index >= 15 is 0 Å². The zero-order chi connectivity index (χ0) is 46.6. The van der Waals surface area contributed by atoms with Gasteiger partial charge in [-0.15, -0.1) is 0 Å². The number of hydrogen-bond acceptors (Lipinski definition) is 2. The number of hydrogen-bond donors (Lipinski definition) is 0. The molecule has 0 amide bonds. The molecular weight excluding hydrogens is 853 g/mol. The van der Waals surface area contributed by atoms with Crippen molar-refractivity contribution in [2.24, 2.45) is 0 Å². The van der Waals surface area contributed by atoms with Gasteiger partial charge in [-0.25, -0.2) is 0 Å². The normalized spacial score (nSPS) is 12.8. The highest BCUT2D eigenvalue weighted by Crippen LogP contribution is 2.66. The summed E-state index contributed by atoms with van der Waals surface area (Å²) in [6.45, 7) is 4.81. The molecule has 0 unspecified atom stereocenters. The molecule has 0 bridgehead atoms. The Balaban J connectivity index is 1.03. The summed E-state index contributed by atoms with van der Waals surface area (Å²) in [6, 6.07) is 93.2. The van der Waals surface area contributed by atoms with Gasteiger partial charge in [-0.1, -0.05) is 208 Å². The van der Waals surface area contributed by atoms with E-state index in [1.165, 1.54) is 65.4 Å². The van der Waals surface area contributed by atoms with Crippen molar-refractivity contribution >= 4 is 56.3 Å². The van der Waals surface area contributed by atoms with Gasteiger partial charge in [0.15, 0.2) is 0 Å². The molecule has 0 saturated carbocycles. The molecule has 0 radical (unpaired) electrons. The van der Waals surface area contributed by atoms with E-state index in [1.54, 1.807) is 0 Å². The van der Waals surface area contributed by atoms with Crippen LogP contribution in [0.5, 0.6) is 0 Å². The van der Waals surface area contributed by atoms with Crippen molar-refractivity contribution in [2.75, 3.05) is 21.3 Å². The SMILES string of the molecule is CCS1(CC)c2cc(N(c3ccc(-c4ccccc4)cc3)c3ccc(-c4ccccc4)cc3)ccc2C=Cc2ccc(N(c3ccc(-c4ccccc4)cc3)c3ccc(-c4ccccc4)cc3)cc21. The molecule has 0 aliphatic carbocycles. The largest absolute Gasteiger partial charge is 0.310 e. The van der Waals surface area contributed by atoms with Crippen molar-refractivity contribution < 1.29 is 0 Å². The molecule has 1 aliphatic rings. The van der Waals surface area contributed by atoms with E-state index in [0.29, 0.717) is 0 Å². The summed E-state index contributed by atoms with van der Waals surface area (Å²) in [6.07, 6.45) is 4.71. The lowest BCUT2D eigenvalue weighted by Crippen LogP contribution is -2.15. The van der Waals surface area contributed by atoms with Crippen LogP contribution >= 0.6 is 10.0 Å². The third kappa shape index (κ3) is 8.59. The first-order valence-corrected chi connectivity index (χ1v) is 26.0. The minimum absolute atomic E-state index is 1.02. The topological polar surface area (TPSA) is 6.48 Å². The van der Waals surface area contributed by atoms with Crippen LogP contribution in [0.1, 0.15) is 25.0 Å². The van der Waals surface area contributed by atoms with Crippen molar-refractivity contribution in [1.82, 2.24) is 0 Å². The van der Waals surface area contributed by atoms with Gasteiger partial charge < -0.3 is 9.80 Å². The van der Waals surface area contributed by atoms with Crippen molar-refractivity contribution in [1.29, 1.82) is 0 Å². The van der Waals surface area contributed by atoms with Gasteiger partial charge in [0, 0.05) is 43.9 Å². The van der Waals surface area contributed by atoms with Crippen molar-refractivity contribution in [3.05, 3.63) is 266 Å². The average Bonchev–Trinajstić information content (AvgIpc) is 3.57. The average molecular weight is 907 g/mol. The van der Waals surface area contributed by atoms with Gasteiger partial charge in [0.25, 0.3) is 0 Å². The van der Waals surface area contributed by atoms with Crippen LogP contribution in [0.3, 0.4) is 0 Å². The highest BCUT2D eigenvalue weighted by Gasteiger charge is 2.32. The molecule has 10 aromatic carbocycles. The fourth-order valence-electron chi connectivity index (χ4n) is 10.0. The van der Waals surface area contributed by atoms with Crippen LogP contribution in [-0.4, -0.2) is 11.5 Å². The van der Waals surface area contributed by atoms with Crippen LogP contribution in [-0.2, 0) is 0 Å². The fraction of sp³-hybridized carbons (Fsp3) is 0.0606. The molecule has 1 heterocycles. The molecule has 11 rings (SSSR count). The van der Waals surface area contributed by atoms with Crippen LogP contribution in [0.25, 0.3) is 56.7 Å². The van der Waals surface area contributed by atoms with Crippen LogP contribution in [0, 0.1) is 0 Å². The summed E-state index contributed by atoms with van der Waals surface area (Å²) >= 11 is 0.